The maximum Gasteiger partial charge on any atom is 0.360 e. The van der Waals surface area contributed by atoms with Gasteiger partial charge < -0.3 is 14.0 Å². The van der Waals surface area contributed by atoms with Gasteiger partial charge in [-0.1, -0.05) is 5.16 Å². The minimum atomic E-state index is -0.384. The van der Waals surface area contributed by atoms with Crippen LogP contribution in [0.5, 0.6) is 0 Å². The summed E-state index contributed by atoms with van der Waals surface area (Å²) >= 11 is 0. The lowest BCUT2D eigenvalue weighted by molar-refractivity contribution is 0.0380. The van der Waals surface area contributed by atoms with E-state index in [2.05, 4.69) is 5.16 Å². The van der Waals surface area contributed by atoms with E-state index in [1.54, 1.807) is 7.11 Å². The average Bonchev–Trinajstić information content (AvgIpc) is 2.82. The van der Waals surface area contributed by atoms with Crippen LogP contribution in [-0.2, 0) is 22.3 Å². The maximum atomic E-state index is 11.9. The summed E-state index contributed by atoms with van der Waals surface area (Å²) in [6, 6.07) is 0. The van der Waals surface area contributed by atoms with E-state index >= 15 is 0 Å². The second-order valence-electron chi connectivity index (χ2n) is 4.61. The SMILES string of the molecule is COC(C)CCOC(=O)c1noc2c1CCCC2. The van der Waals surface area contributed by atoms with Crippen molar-refractivity contribution in [1.29, 1.82) is 0 Å². The second kappa shape index (κ2) is 6.00. The van der Waals surface area contributed by atoms with Crippen molar-refractivity contribution in [1.82, 2.24) is 5.16 Å². The third-order valence-corrected chi connectivity index (χ3v) is 3.30. The highest BCUT2D eigenvalue weighted by Gasteiger charge is 2.24. The van der Waals surface area contributed by atoms with Crippen molar-refractivity contribution in [3.8, 4) is 0 Å². The number of hydrogen-bond donors (Lipinski definition) is 0. The van der Waals surface area contributed by atoms with E-state index < -0.39 is 0 Å². The molecule has 0 saturated heterocycles. The number of carbonyl (C=O) groups is 1. The Labute approximate surface area is 106 Å². The van der Waals surface area contributed by atoms with Crippen LogP contribution in [0.15, 0.2) is 4.52 Å². The quantitative estimate of drug-likeness (QED) is 0.752. The number of nitrogens with zero attached hydrogens (tertiary/aromatic N) is 1. The standard InChI is InChI=1S/C13H19NO4/c1-9(16-2)7-8-17-13(15)12-10-5-3-4-6-11(10)18-14-12/h9H,3-8H2,1-2H3. The van der Waals surface area contributed by atoms with Gasteiger partial charge in [0.15, 0.2) is 5.69 Å². The molecule has 0 fully saturated rings. The molecule has 2 rings (SSSR count). The molecule has 18 heavy (non-hydrogen) atoms. The largest absolute Gasteiger partial charge is 0.461 e. The van der Waals surface area contributed by atoms with Crippen molar-refractivity contribution in [2.24, 2.45) is 0 Å². The number of aromatic nitrogens is 1. The monoisotopic (exact) mass is 253 g/mol. The zero-order valence-corrected chi connectivity index (χ0v) is 10.9. The van der Waals surface area contributed by atoms with Crippen LogP contribution in [0.4, 0.5) is 0 Å². The topological polar surface area (TPSA) is 61.6 Å². The van der Waals surface area contributed by atoms with Crippen LogP contribution >= 0.6 is 0 Å². The molecule has 5 nitrogen and oxygen atoms in total. The summed E-state index contributed by atoms with van der Waals surface area (Å²) in [5, 5.41) is 3.83. The highest BCUT2D eigenvalue weighted by atomic mass is 16.5. The van der Waals surface area contributed by atoms with Crippen LogP contribution in [-0.4, -0.2) is 30.9 Å². The van der Waals surface area contributed by atoms with Gasteiger partial charge in [0, 0.05) is 25.5 Å². The molecule has 0 amide bonds. The Kier molecular flexibility index (Phi) is 4.36. The molecule has 1 unspecified atom stereocenters. The second-order valence-corrected chi connectivity index (χ2v) is 4.61. The van der Waals surface area contributed by atoms with E-state index in [4.69, 9.17) is 14.0 Å². The molecular formula is C13H19NO4. The van der Waals surface area contributed by atoms with E-state index in [1.807, 2.05) is 6.92 Å². The highest BCUT2D eigenvalue weighted by Crippen LogP contribution is 2.24. The summed E-state index contributed by atoms with van der Waals surface area (Å²) in [7, 11) is 1.64. The van der Waals surface area contributed by atoms with E-state index in [0.29, 0.717) is 18.7 Å². The highest BCUT2D eigenvalue weighted by molar-refractivity contribution is 5.89. The number of aryl methyl sites for hydroxylation is 1. The molecule has 1 aliphatic carbocycles. The number of ether oxygens (including phenoxy) is 2. The Balaban J connectivity index is 1.91. The first-order valence-corrected chi connectivity index (χ1v) is 6.39. The van der Waals surface area contributed by atoms with Crippen molar-refractivity contribution in [3.05, 3.63) is 17.0 Å². The van der Waals surface area contributed by atoms with Gasteiger partial charge in [-0.05, 0) is 26.2 Å². The third kappa shape index (κ3) is 2.90. The molecular weight excluding hydrogens is 234 g/mol. The van der Waals surface area contributed by atoms with Crippen LogP contribution in [0.2, 0.25) is 0 Å². The molecule has 100 valence electrons. The van der Waals surface area contributed by atoms with Crippen LogP contribution in [0.25, 0.3) is 0 Å². The van der Waals surface area contributed by atoms with Gasteiger partial charge >= 0.3 is 5.97 Å². The van der Waals surface area contributed by atoms with E-state index in [1.165, 1.54) is 0 Å². The molecule has 0 N–H and O–H groups in total. The van der Waals surface area contributed by atoms with Crippen molar-refractivity contribution in [2.45, 2.75) is 45.1 Å². The minimum Gasteiger partial charge on any atom is -0.461 e. The van der Waals surface area contributed by atoms with Crippen molar-refractivity contribution >= 4 is 5.97 Å². The summed E-state index contributed by atoms with van der Waals surface area (Å²) in [6.45, 7) is 2.28. The van der Waals surface area contributed by atoms with Gasteiger partial charge in [-0.15, -0.1) is 0 Å². The van der Waals surface area contributed by atoms with E-state index in [-0.39, 0.29) is 12.1 Å². The van der Waals surface area contributed by atoms with Gasteiger partial charge in [0.1, 0.15) is 5.76 Å². The fraction of sp³-hybridized carbons (Fsp3) is 0.692. The number of carbonyl (C=O) groups excluding carboxylic acids is 1. The Bertz CT molecular complexity index is 413. The maximum absolute atomic E-state index is 11.9. The van der Waals surface area contributed by atoms with Crippen molar-refractivity contribution in [2.75, 3.05) is 13.7 Å². The van der Waals surface area contributed by atoms with Gasteiger partial charge in [0.25, 0.3) is 0 Å². The first kappa shape index (κ1) is 13.1. The van der Waals surface area contributed by atoms with Gasteiger partial charge in [-0.2, -0.15) is 0 Å². The van der Waals surface area contributed by atoms with E-state index in [9.17, 15) is 4.79 Å². The van der Waals surface area contributed by atoms with Crippen molar-refractivity contribution in [3.63, 3.8) is 0 Å². The van der Waals surface area contributed by atoms with Crippen LogP contribution < -0.4 is 0 Å². The Morgan fingerprint density at radius 3 is 3.00 bits per heavy atom. The van der Waals surface area contributed by atoms with Gasteiger partial charge in [-0.25, -0.2) is 4.79 Å². The third-order valence-electron chi connectivity index (χ3n) is 3.30. The Morgan fingerprint density at radius 1 is 1.44 bits per heavy atom. The zero-order valence-electron chi connectivity index (χ0n) is 10.9. The zero-order chi connectivity index (χ0) is 13.0. The molecule has 0 radical (unpaired) electrons. The van der Waals surface area contributed by atoms with Crippen LogP contribution in [0.3, 0.4) is 0 Å². The van der Waals surface area contributed by atoms with E-state index in [0.717, 1.165) is 37.0 Å². The number of rotatable bonds is 5. The first-order valence-electron chi connectivity index (χ1n) is 6.39. The number of fused-ring (bicyclic) bond motifs is 1. The molecule has 0 aliphatic heterocycles. The average molecular weight is 253 g/mol. The molecule has 1 aromatic rings. The van der Waals surface area contributed by atoms with Gasteiger partial charge in [0.05, 0.1) is 12.7 Å². The Morgan fingerprint density at radius 2 is 2.22 bits per heavy atom. The number of esters is 1. The molecule has 5 heteroatoms. The lowest BCUT2D eigenvalue weighted by Crippen LogP contribution is -2.14. The summed E-state index contributed by atoms with van der Waals surface area (Å²) < 4.78 is 15.5. The summed E-state index contributed by atoms with van der Waals surface area (Å²) in [5.41, 5.74) is 1.29. The fourth-order valence-electron chi connectivity index (χ4n) is 2.05. The molecule has 1 atom stereocenters. The number of methoxy groups -OCH3 is 1. The van der Waals surface area contributed by atoms with Crippen LogP contribution in [0, 0.1) is 0 Å². The van der Waals surface area contributed by atoms with Crippen molar-refractivity contribution < 1.29 is 18.8 Å². The predicted octanol–water partition coefficient (Wildman–Crippen LogP) is 2.14. The van der Waals surface area contributed by atoms with Gasteiger partial charge in [0.2, 0.25) is 0 Å². The fourth-order valence-corrected chi connectivity index (χ4v) is 2.05. The minimum absolute atomic E-state index is 0.0871. The molecule has 1 aromatic heterocycles. The summed E-state index contributed by atoms with van der Waals surface area (Å²) in [5.74, 6) is 0.462. The molecule has 0 bridgehead atoms. The normalized spacial score (nSPS) is 16.1. The molecule has 1 aliphatic rings. The molecule has 0 aromatic carbocycles. The summed E-state index contributed by atoms with van der Waals surface area (Å²) in [4.78, 5) is 11.9. The number of hydrogen-bond acceptors (Lipinski definition) is 5. The molecule has 1 heterocycles. The van der Waals surface area contributed by atoms with Crippen LogP contribution in [0.1, 0.15) is 48.0 Å². The smallest absolute Gasteiger partial charge is 0.360 e. The molecule has 0 spiro atoms. The lowest BCUT2D eigenvalue weighted by Gasteiger charge is -2.10. The Hall–Kier alpha value is -1.36. The van der Waals surface area contributed by atoms with Gasteiger partial charge in [-0.3, -0.25) is 0 Å². The molecule has 0 saturated carbocycles. The predicted molar refractivity (Wildman–Crippen MR) is 64.5 cm³/mol. The lowest BCUT2D eigenvalue weighted by atomic mass is 9.96. The summed E-state index contributed by atoms with van der Waals surface area (Å²) in [6.07, 6.45) is 4.68. The first-order chi connectivity index (χ1) is 8.72.